The van der Waals surface area contributed by atoms with Gasteiger partial charge < -0.3 is 5.32 Å². The van der Waals surface area contributed by atoms with Gasteiger partial charge in [-0.25, -0.2) is 8.42 Å². The summed E-state index contributed by atoms with van der Waals surface area (Å²) in [6, 6.07) is 12.6. The lowest BCUT2D eigenvalue weighted by Crippen LogP contribution is -2.15. The fraction of sp³-hybridized carbons (Fsp3) is 0.250. The van der Waals surface area contributed by atoms with Crippen molar-refractivity contribution in [1.29, 1.82) is 0 Å². The van der Waals surface area contributed by atoms with Gasteiger partial charge in [-0.05, 0) is 49.7 Å². The smallest absolute Gasteiger partial charge is 0.261 e. The third kappa shape index (κ3) is 3.62. The summed E-state index contributed by atoms with van der Waals surface area (Å²) in [5.74, 6) is 0. The van der Waals surface area contributed by atoms with E-state index in [0.717, 1.165) is 16.7 Å². The first-order valence-corrected chi connectivity index (χ1v) is 8.25. The van der Waals surface area contributed by atoms with Gasteiger partial charge in [-0.3, -0.25) is 4.72 Å². The second-order valence-electron chi connectivity index (χ2n) is 5.05. The zero-order chi connectivity index (χ0) is 15.5. The molecule has 2 N–H and O–H groups in total. The van der Waals surface area contributed by atoms with Gasteiger partial charge >= 0.3 is 0 Å². The predicted octanol–water partition coefficient (Wildman–Crippen LogP) is 2.82. The lowest BCUT2D eigenvalue weighted by molar-refractivity contribution is 0.601. The molecule has 0 radical (unpaired) electrons. The molecule has 0 heterocycles. The third-order valence-electron chi connectivity index (χ3n) is 3.33. The molecule has 0 aromatic heterocycles. The maximum Gasteiger partial charge on any atom is 0.261 e. The Bertz CT molecular complexity index is 702. The Morgan fingerprint density at radius 2 is 1.52 bits per heavy atom. The Kier molecular flexibility index (Phi) is 4.65. The molecule has 0 amide bonds. The first-order chi connectivity index (χ1) is 9.94. The van der Waals surface area contributed by atoms with Crippen LogP contribution < -0.4 is 10.0 Å². The highest BCUT2D eigenvalue weighted by atomic mass is 32.2. The van der Waals surface area contributed by atoms with Crippen LogP contribution in [0, 0.1) is 13.8 Å². The number of rotatable bonds is 5. The Labute approximate surface area is 126 Å². The highest BCUT2D eigenvalue weighted by molar-refractivity contribution is 7.92. The lowest BCUT2D eigenvalue weighted by atomic mass is 10.1. The molecule has 0 saturated heterocycles. The van der Waals surface area contributed by atoms with E-state index in [0.29, 0.717) is 12.2 Å². The first kappa shape index (κ1) is 15.5. The Hall–Kier alpha value is -1.85. The molecule has 4 nitrogen and oxygen atoms in total. The van der Waals surface area contributed by atoms with Crippen LogP contribution in [-0.2, 0) is 16.6 Å². The summed E-state index contributed by atoms with van der Waals surface area (Å²) in [6.07, 6.45) is 0. The number of hydrogen-bond donors (Lipinski definition) is 2. The molecule has 0 spiro atoms. The number of para-hydroxylation sites is 1. The molecule has 2 rings (SSSR count). The maximum absolute atomic E-state index is 12.4. The fourth-order valence-electron chi connectivity index (χ4n) is 2.16. The van der Waals surface area contributed by atoms with Crippen molar-refractivity contribution in [3.8, 4) is 0 Å². The highest BCUT2D eigenvalue weighted by Gasteiger charge is 2.16. The number of anilines is 1. The summed E-state index contributed by atoms with van der Waals surface area (Å²) in [4.78, 5) is 0.269. The standard InChI is InChI=1S/C16H20N2O2S/c1-12-5-4-6-13(2)16(12)18-21(19,20)15-9-7-14(8-10-15)11-17-3/h4-10,17-18H,11H2,1-3H3. The minimum absolute atomic E-state index is 0.269. The van der Waals surface area contributed by atoms with Crippen LogP contribution in [0.4, 0.5) is 5.69 Å². The van der Waals surface area contributed by atoms with Crippen LogP contribution in [-0.4, -0.2) is 15.5 Å². The normalized spacial score (nSPS) is 11.4. The topological polar surface area (TPSA) is 58.2 Å². The van der Waals surface area contributed by atoms with E-state index >= 15 is 0 Å². The van der Waals surface area contributed by atoms with Gasteiger partial charge in [-0.15, -0.1) is 0 Å². The van der Waals surface area contributed by atoms with E-state index in [4.69, 9.17) is 0 Å². The molecule has 0 aliphatic carbocycles. The summed E-state index contributed by atoms with van der Waals surface area (Å²) in [5, 5.41) is 3.03. The Morgan fingerprint density at radius 3 is 2.05 bits per heavy atom. The van der Waals surface area contributed by atoms with Gasteiger partial charge in [0, 0.05) is 6.54 Å². The summed E-state index contributed by atoms with van der Waals surface area (Å²) in [7, 11) is -1.71. The fourth-order valence-corrected chi connectivity index (χ4v) is 3.36. The minimum atomic E-state index is -3.56. The lowest BCUT2D eigenvalue weighted by Gasteiger charge is -2.13. The first-order valence-electron chi connectivity index (χ1n) is 6.76. The van der Waals surface area contributed by atoms with Crippen molar-refractivity contribution in [2.45, 2.75) is 25.3 Å². The molecule has 2 aromatic rings. The van der Waals surface area contributed by atoms with E-state index in [1.54, 1.807) is 12.1 Å². The van der Waals surface area contributed by atoms with Crippen molar-refractivity contribution in [3.63, 3.8) is 0 Å². The molecule has 0 aliphatic rings. The molecular weight excluding hydrogens is 284 g/mol. The Balaban J connectivity index is 2.30. The molecule has 0 bridgehead atoms. The van der Waals surface area contributed by atoms with E-state index in [1.165, 1.54) is 0 Å². The molecule has 112 valence electrons. The van der Waals surface area contributed by atoms with E-state index in [2.05, 4.69) is 10.0 Å². The second kappa shape index (κ2) is 6.28. The van der Waals surface area contributed by atoms with Gasteiger partial charge in [0.05, 0.1) is 10.6 Å². The van der Waals surface area contributed by atoms with E-state index < -0.39 is 10.0 Å². The number of nitrogens with one attached hydrogen (secondary N) is 2. The zero-order valence-corrected chi connectivity index (χ0v) is 13.3. The molecule has 2 aromatic carbocycles. The molecule has 0 unspecified atom stereocenters. The van der Waals surface area contributed by atoms with Crippen LogP contribution in [0.25, 0.3) is 0 Å². The SMILES string of the molecule is CNCc1ccc(S(=O)(=O)Nc2c(C)cccc2C)cc1. The van der Waals surface area contributed by atoms with E-state index in [9.17, 15) is 8.42 Å². The minimum Gasteiger partial charge on any atom is -0.316 e. The summed E-state index contributed by atoms with van der Waals surface area (Å²) >= 11 is 0. The van der Waals surface area contributed by atoms with Crippen molar-refractivity contribution in [2.24, 2.45) is 0 Å². The summed E-state index contributed by atoms with van der Waals surface area (Å²) in [5.41, 5.74) is 3.51. The van der Waals surface area contributed by atoms with Gasteiger partial charge in [0.15, 0.2) is 0 Å². The predicted molar refractivity (Wildman–Crippen MR) is 85.9 cm³/mol. The van der Waals surface area contributed by atoms with E-state index in [-0.39, 0.29) is 4.90 Å². The molecule has 21 heavy (non-hydrogen) atoms. The monoisotopic (exact) mass is 304 g/mol. The van der Waals surface area contributed by atoms with Crippen LogP contribution in [0.3, 0.4) is 0 Å². The number of benzene rings is 2. The van der Waals surface area contributed by atoms with Gasteiger partial charge in [-0.2, -0.15) is 0 Å². The van der Waals surface area contributed by atoms with Crippen molar-refractivity contribution in [1.82, 2.24) is 5.32 Å². The van der Waals surface area contributed by atoms with Crippen LogP contribution in [0.5, 0.6) is 0 Å². The number of hydrogen-bond acceptors (Lipinski definition) is 3. The van der Waals surface area contributed by atoms with Crippen LogP contribution >= 0.6 is 0 Å². The molecule has 0 fully saturated rings. The van der Waals surface area contributed by atoms with Gasteiger partial charge in [0.2, 0.25) is 0 Å². The summed E-state index contributed by atoms with van der Waals surface area (Å²) in [6.45, 7) is 4.49. The maximum atomic E-state index is 12.4. The van der Waals surface area contributed by atoms with Crippen LogP contribution in [0.1, 0.15) is 16.7 Å². The Morgan fingerprint density at radius 1 is 0.952 bits per heavy atom. The third-order valence-corrected chi connectivity index (χ3v) is 4.70. The molecule has 0 saturated carbocycles. The van der Waals surface area contributed by atoms with Crippen molar-refractivity contribution in [3.05, 3.63) is 59.2 Å². The number of aryl methyl sites for hydroxylation is 2. The van der Waals surface area contributed by atoms with Gasteiger partial charge in [0.1, 0.15) is 0 Å². The van der Waals surface area contributed by atoms with Gasteiger partial charge in [0.25, 0.3) is 10.0 Å². The highest BCUT2D eigenvalue weighted by Crippen LogP contribution is 2.23. The van der Waals surface area contributed by atoms with Gasteiger partial charge in [-0.1, -0.05) is 30.3 Å². The van der Waals surface area contributed by atoms with Crippen molar-refractivity contribution >= 4 is 15.7 Å². The average Bonchev–Trinajstić information content (AvgIpc) is 2.44. The number of sulfonamides is 1. The molecule has 0 aliphatic heterocycles. The van der Waals surface area contributed by atoms with Crippen molar-refractivity contribution in [2.75, 3.05) is 11.8 Å². The van der Waals surface area contributed by atoms with Crippen molar-refractivity contribution < 1.29 is 8.42 Å². The quantitative estimate of drug-likeness (QED) is 0.893. The second-order valence-corrected chi connectivity index (χ2v) is 6.73. The van der Waals surface area contributed by atoms with Crippen LogP contribution in [0.15, 0.2) is 47.4 Å². The molecular formula is C16H20N2O2S. The average molecular weight is 304 g/mol. The molecule has 0 atom stereocenters. The molecule has 5 heteroatoms. The van der Waals surface area contributed by atoms with Crippen LogP contribution in [0.2, 0.25) is 0 Å². The largest absolute Gasteiger partial charge is 0.316 e. The summed E-state index contributed by atoms with van der Waals surface area (Å²) < 4.78 is 27.6. The zero-order valence-electron chi connectivity index (χ0n) is 12.5. The van der Waals surface area contributed by atoms with E-state index in [1.807, 2.05) is 51.2 Å².